The van der Waals surface area contributed by atoms with Crippen LogP contribution in [0.1, 0.15) is 140 Å². The van der Waals surface area contributed by atoms with E-state index >= 15 is 0 Å². The SMILES string of the molecule is C=Cc1c(C)/c2[nH]/c1=C\c1[nH]c(c(CC)c1C)/C=c1\[nH]c3c(c1C)C(=O)[C@H](C(=O)OC)C=3C1C[C@@H](CCC(=O)NCCCCCCCCCC[n+]3c(C)cc(N)c4ccccc43)C(=N1)\C=2C. The monoisotopic (exact) mass is 891 g/mol. The summed E-state index contributed by atoms with van der Waals surface area (Å²) in [7, 11) is 1.33. The highest BCUT2D eigenvalue weighted by Crippen LogP contribution is 2.38. The van der Waals surface area contributed by atoms with Gasteiger partial charge in [-0.05, 0) is 106 Å². The third-order valence-electron chi connectivity index (χ3n) is 14.7. The summed E-state index contributed by atoms with van der Waals surface area (Å²) < 4.78 is 7.67. The molecule has 8 bridgehead atoms. The Kier molecular flexibility index (Phi) is 13.8. The van der Waals surface area contributed by atoms with Crippen LogP contribution in [0, 0.1) is 39.5 Å². The molecule has 4 aromatic heterocycles. The number of ether oxygens (including phenoxy) is 1. The minimum atomic E-state index is -1.09. The number of ketones is 1. The summed E-state index contributed by atoms with van der Waals surface area (Å²) in [5, 5.41) is 7.69. The second-order valence-corrected chi connectivity index (χ2v) is 18.8. The van der Waals surface area contributed by atoms with Crippen molar-refractivity contribution in [2.45, 2.75) is 131 Å². The van der Waals surface area contributed by atoms with Crippen molar-refractivity contribution >= 4 is 69.3 Å². The molecule has 1 aliphatic carbocycles. The minimum absolute atomic E-state index is 0.0308. The molecule has 2 aliphatic heterocycles. The highest BCUT2D eigenvalue weighted by Gasteiger charge is 2.46. The van der Waals surface area contributed by atoms with Crippen LogP contribution in [0.15, 0.2) is 41.9 Å². The number of carbonyl (C=O) groups is 3. The molecule has 11 heteroatoms. The molecule has 0 spiro atoms. The molecular formula is C55H68N7O4+. The molecule has 11 nitrogen and oxygen atoms in total. The summed E-state index contributed by atoms with van der Waals surface area (Å²) in [6, 6.07) is 10.0. The minimum Gasteiger partial charge on any atom is -0.468 e. The fraction of sp³-hybridized carbons (Fsp3) is 0.436. The average Bonchev–Trinajstić information content (AvgIpc) is 4.09. The molecule has 8 rings (SSSR count). The first-order valence-electron chi connectivity index (χ1n) is 24.2. The van der Waals surface area contributed by atoms with Gasteiger partial charge in [0.25, 0.3) is 0 Å². The fourth-order valence-corrected chi connectivity index (χ4v) is 11.1. The molecule has 5 aromatic rings. The summed E-state index contributed by atoms with van der Waals surface area (Å²) in [5.74, 6) is -1.98. The van der Waals surface area contributed by atoms with Gasteiger partial charge in [-0.2, -0.15) is 4.57 Å². The summed E-state index contributed by atoms with van der Waals surface area (Å²) in [4.78, 5) is 57.6. The van der Waals surface area contributed by atoms with Gasteiger partial charge in [-0.15, -0.1) is 0 Å². The highest BCUT2D eigenvalue weighted by atomic mass is 16.5. The summed E-state index contributed by atoms with van der Waals surface area (Å²) in [6.45, 7) is 18.4. The quantitative estimate of drug-likeness (QED) is 0.0305. The maximum Gasteiger partial charge on any atom is 0.320 e. The molecule has 3 atom stereocenters. The van der Waals surface area contributed by atoms with Crippen LogP contribution in [0.3, 0.4) is 0 Å². The first-order chi connectivity index (χ1) is 31.9. The lowest BCUT2D eigenvalue weighted by Crippen LogP contribution is -2.38. The molecule has 0 saturated carbocycles. The molecule has 1 aromatic carbocycles. The number of pyridine rings is 1. The Morgan fingerprint density at radius 2 is 1.61 bits per heavy atom. The zero-order valence-corrected chi connectivity index (χ0v) is 40.1. The number of nitrogens with zero attached hydrogens (tertiary/aromatic N) is 2. The number of rotatable bonds is 17. The Labute approximate surface area is 388 Å². The number of benzene rings is 1. The topological polar surface area (TPSA) is 162 Å². The van der Waals surface area contributed by atoms with Crippen molar-refractivity contribution in [1.82, 2.24) is 20.3 Å². The number of hydrogen-bond acceptors (Lipinski definition) is 6. The van der Waals surface area contributed by atoms with Crippen molar-refractivity contribution in [3.05, 3.63) is 109 Å². The van der Waals surface area contributed by atoms with Crippen LogP contribution >= 0.6 is 0 Å². The standard InChI is InChI=1S/C55H67N7O4/c1-9-37-32(4)41-29-44-38(10-2)33(5)51(60-44)35(7)52-36(28-45(61-52)49-50(55(65)66-8)54(64)48-34(6)42(59-53(48)49)30-43(37)58-41)23-24-47(63)57-25-19-15-13-11-12-14-16-20-26-62-31(3)27-40(56)39-21-17-18-22-46(39)62/h10,17-18,21-22,27,29-30,36,45,50,56H,2,9,11-16,19-20,23-26,28H2,1,3-8H3,(H4,57,58,59,60,61,63,64)/p+1/t36-,45?,50-/m1/s1. The number of amides is 1. The number of carbonyl (C=O) groups excluding carboxylic acids is 3. The van der Waals surface area contributed by atoms with Gasteiger partial charge in [0.2, 0.25) is 11.4 Å². The van der Waals surface area contributed by atoms with Gasteiger partial charge in [0.1, 0.15) is 12.5 Å². The number of H-pyrrole nitrogens is 3. The van der Waals surface area contributed by atoms with Gasteiger partial charge < -0.3 is 30.7 Å². The summed E-state index contributed by atoms with van der Waals surface area (Å²) in [5.41, 5.74) is 19.8. The van der Waals surface area contributed by atoms with E-state index in [2.05, 4.69) is 102 Å². The molecule has 0 saturated heterocycles. The molecule has 1 unspecified atom stereocenters. The Bertz CT molecular complexity index is 3030. The van der Waals surface area contributed by atoms with E-state index in [0.717, 1.165) is 111 Å². The van der Waals surface area contributed by atoms with E-state index < -0.39 is 17.9 Å². The number of hydrogen-bond donors (Lipinski definition) is 5. The molecular weight excluding hydrogens is 823 g/mol. The Morgan fingerprint density at radius 3 is 2.33 bits per heavy atom. The molecule has 0 radical (unpaired) electrons. The van der Waals surface area contributed by atoms with Gasteiger partial charge in [-0.3, -0.25) is 19.4 Å². The predicted molar refractivity (Wildman–Crippen MR) is 266 cm³/mol. The van der Waals surface area contributed by atoms with Gasteiger partial charge in [0.15, 0.2) is 11.5 Å². The van der Waals surface area contributed by atoms with Crippen LogP contribution in [-0.4, -0.2) is 58.0 Å². The van der Waals surface area contributed by atoms with Crippen LogP contribution in [0.25, 0.3) is 40.3 Å². The number of unbranched alkanes of at least 4 members (excludes halogenated alkanes) is 7. The van der Waals surface area contributed by atoms with Crippen LogP contribution in [0.2, 0.25) is 0 Å². The number of aromatic nitrogens is 4. The van der Waals surface area contributed by atoms with Gasteiger partial charge in [0.05, 0.1) is 29.6 Å². The molecule has 1 amide bonds. The fourth-order valence-electron chi connectivity index (χ4n) is 11.1. The van der Waals surface area contributed by atoms with Crippen molar-refractivity contribution < 1.29 is 23.7 Å². The Balaban J connectivity index is 0.939. The Hall–Kier alpha value is -6.23. The summed E-state index contributed by atoms with van der Waals surface area (Å²) >= 11 is 0. The van der Waals surface area contributed by atoms with Crippen molar-refractivity contribution in [2.75, 3.05) is 19.4 Å². The smallest absolute Gasteiger partial charge is 0.320 e. The van der Waals surface area contributed by atoms with E-state index in [1.807, 2.05) is 19.1 Å². The van der Waals surface area contributed by atoms with E-state index in [0.29, 0.717) is 42.3 Å². The number of methoxy groups -OCH3 is 1. The van der Waals surface area contributed by atoms with Crippen molar-refractivity contribution in [2.24, 2.45) is 16.8 Å². The predicted octanol–water partition coefficient (Wildman–Crippen LogP) is 6.66. The van der Waals surface area contributed by atoms with Crippen LogP contribution < -0.4 is 37.0 Å². The second kappa shape index (κ2) is 19.7. The van der Waals surface area contributed by atoms with Crippen LogP contribution in [0.4, 0.5) is 5.69 Å². The van der Waals surface area contributed by atoms with Gasteiger partial charge >= 0.3 is 5.97 Å². The first kappa shape index (κ1) is 46.3. The van der Waals surface area contributed by atoms with E-state index in [1.54, 1.807) is 0 Å². The van der Waals surface area contributed by atoms with E-state index in [4.69, 9.17) is 15.5 Å². The number of Topliss-reactive ketones (excluding diaryl/α,β-unsaturated/α-hetero) is 1. The zero-order chi connectivity index (χ0) is 46.8. The molecule has 66 heavy (non-hydrogen) atoms. The van der Waals surface area contributed by atoms with Gasteiger partial charge in [-0.1, -0.05) is 63.8 Å². The van der Waals surface area contributed by atoms with Crippen LogP contribution in [0.5, 0.6) is 0 Å². The number of para-hydroxylation sites is 1. The molecule has 6 heterocycles. The Morgan fingerprint density at radius 1 is 0.909 bits per heavy atom. The number of esters is 1. The summed E-state index contributed by atoms with van der Waals surface area (Å²) in [6.07, 6.45) is 17.7. The maximum atomic E-state index is 14.3. The largest absolute Gasteiger partial charge is 0.468 e. The number of anilines is 1. The van der Waals surface area contributed by atoms with E-state index in [1.165, 1.54) is 49.6 Å². The molecule has 6 N–H and O–H groups in total. The lowest BCUT2D eigenvalue weighted by atomic mass is 9.86. The highest BCUT2D eigenvalue weighted by molar-refractivity contribution is 6.22. The normalized spacial score (nSPS) is 19.4. The van der Waals surface area contributed by atoms with E-state index in [9.17, 15) is 14.4 Å². The first-order valence-corrected chi connectivity index (χ1v) is 24.2. The van der Waals surface area contributed by atoms with Crippen LogP contribution in [-0.2, 0) is 27.3 Å². The number of fused-ring (bicyclic) bond motifs is 8. The van der Waals surface area contributed by atoms with E-state index in [-0.39, 0.29) is 17.6 Å². The number of nitrogens with one attached hydrogen (secondary N) is 4. The zero-order valence-electron chi connectivity index (χ0n) is 40.1. The third kappa shape index (κ3) is 8.76. The number of aryl methyl sites for hydroxylation is 2. The van der Waals surface area contributed by atoms with Gasteiger partial charge in [0, 0.05) is 94.2 Å². The third-order valence-corrected chi connectivity index (χ3v) is 14.7. The van der Waals surface area contributed by atoms with Crippen molar-refractivity contribution in [3.8, 4) is 0 Å². The van der Waals surface area contributed by atoms with Crippen molar-refractivity contribution in [3.63, 3.8) is 0 Å². The number of nitrogen functional groups attached to an aromatic ring is 1. The number of aliphatic imine (C=N–C) groups is 1. The number of aromatic amines is 3. The second-order valence-electron chi connectivity index (χ2n) is 18.8. The molecule has 346 valence electrons. The molecule has 0 fully saturated rings. The maximum absolute atomic E-state index is 14.3. The van der Waals surface area contributed by atoms with Gasteiger partial charge in [-0.25, -0.2) is 0 Å². The lowest BCUT2D eigenvalue weighted by Gasteiger charge is -2.17. The molecule has 3 aliphatic rings. The average molecular weight is 891 g/mol. The number of nitrogens with two attached hydrogens (primary N) is 1. The van der Waals surface area contributed by atoms with Crippen molar-refractivity contribution in [1.29, 1.82) is 0 Å². The lowest BCUT2D eigenvalue weighted by molar-refractivity contribution is -0.677.